The summed E-state index contributed by atoms with van der Waals surface area (Å²) in [6.45, 7) is 0. The zero-order valence-corrected chi connectivity index (χ0v) is 17.7. The number of Topliss-reactive ketones (excluding diaryl/α,β-unsaturated/α-hetero) is 1. The van der Waals surface area contributed by atoms with E-state index in [0.29, 0.717) is 23.5 Å². The van der Waals surface area contributed by atoms with Crippen LogP contribution < -0.4 is 11.3 Å². The van der Waals surface area contributed by atoms with Crippen LogP contribution >= 0.6 is 0 Å². The average molecular weight is 441 g/mol. The highest BCUT2D eigenvalue weighted by Gasteiger charge is 2.24. The third-order valence-electron chi connectivity index (χ3n) is 6.01. The van der Waals surface area contributed by atoms with Gasteiger partial charge in [0.1, 0.15) is 0 Å². The number of rotatable bonds is 10. The summed E-state index contributed by atoms with van der Waals surface area (Å²) in [5, 5.41) is 18.0. The van der Waals surface area contributed by atoms with E-state index in [0.717, 1.165) is 36.9 Å². The Morgan fingerprint density at radius 2 is 1.91 bits per heavy atom. The SMILES string of the molecule is Nc1nc2c(c(=O)[nH]1)C[C@@H](CCc1ccc(C(=O)CC(CCC(=O)O)C(=O)O)cc1)CC2. The first kappa shape index (κ1) is 23.2. The zero-order chi connectivity index (χ0) is 23.3. The van der Waals surface area contributed by atoms with Gasteiger partial charge < -0.3 is 15.9 Å². The van der Waals surface area contributed by atoms with E-state index in [1.54, 1.807) is 12.1 Å². The number of hydrogen-bond acceptors (Lipinski definition) is 6. The van der Waals surface area contributed by atoms with Crippen LogP contribution in [0.4, 0.5) is 5.95 Å². The monoisotopic (exact) mass is 441 g/mol. The Kier molecular flexibility index (Phi) is 7.40. The second kappa shape index (κ2) is 10.2. The number of carbonyl (C=O) groups excluding carboxylic acids is 1. The number of ketones is 1. The van der Waals surface area contributed by atoms with Crippen molar-refractivity contribution in [3.05, 3.63) is 57.0 Å². The highest BCUT2D eigenvalue weighted by atomic mass is 16.4. The molecule has 0 saturated heterocycles. The number of aliphatic carboxylic acids is 2. The smallest absolute Gasteiger partial charge is 0.306 e. The van der Waals surface area contributed by atoms with Gasteiger partial charge in [0.15, 0.2) is 5.78 Å². The number of benzene rings is 1. The molecule has 170 valence electrons. The minimum Gasteiger partial charge on any atom is -0.481 e. The van der Waals surface area contributed by atoms with E-state index < -0.39 is 17.9 Å². The van der Waals surface area contributed by atoms with Crippen molar-refractivity contribution in [3.63, 3.8) is 0 Å². The third kappa shape index (κ3) is 6.03. The van der Waals surface area contributed by atoms with Crippen LogP contribution in [0, 0.1) is 11.8 Å². The fraction of sp³-hybridized carbons (Fsp3) is 0.435. The molecular formula is C23H27N3O6. The summed E-state index contributed by atoms with van der Waals surface area (Å²) in [6, 6.07) is 7.07. The molecule has 9 nitrogen and oxygen atoms in total. The summed E-state index contributed by atoms with van der Waals surface area (Å²) in [5.41, 5.74) is 8.41. The predicted molar refractivity (Wildman–Crippen MR) is 116 cm³/mol. The van der Waals surface area contributed by atoms with E-state index in [9.17, 15) is 24.3 Å². The molecule has 2 aromatic rings. The van der Waals surface area contributed by atoms with Gasteiger partial charge in [-0.25, -0.2) is 4.98 Å². The van der Waals surface area contributed by atoms with Crippen LogP contribution in [0.15, 0.2) is 29.1 Å². The second-order valence-electron chi connectivity index (χ2n) is 8.32. The number of hydrogen-bond donors (Lipinski definition) is 4. The van der Waals surface area contributed by atoms with Gasteiger partial charge >= 0.3 is 11.9 Å². The first-order valence-corrected chi connectivity index (χ1v) is 10.7. The zero-order valence-electron chi connectivity index (χ0n) is 17.7. The molecule has 5 N–H and O–H groups in total. The number of nitrogens with one attached hydrogen (secondary N) is 1. The Balaban J connectivity index is 1.54. The van der Waals surface area contributed by atoms with E-state index in [4.69, 9.17) is 10.8 Å². The van der Waals surface area contributed by atoms with Gasteiger partial charge in [0, 0.05) is 24.0 Å². The molecule has 0 radical (unpaired) electrons. The van der Waals surface area contributed by atoms with Crippen molar-refractivity contribution < 1.29 is 24.6 Å². The third-order valence-corrected chi connectivity index (χ3v) is 6.01. The normalized spacial score (nSPS) is 16.2. The minimum atomic E-state index is -1.16. The highest BCUT2D eigenvalue weighted by molar-refractivity contribution is 5.98. The topological polar surface area (TPSA) is 163 Å². The van der Waals surface area contributed by atoms with Gasteiger partial charge in [-0.15, -0.1) is 0 Å². The van der Waals surface area contributed by atoms with Crippen LogP contribution in [0.5, 0.6) is 0 Å². The Bertz CT molecular complexity index is 1060. The van der Waals surface area contributed by atoms with Crippen molar-refractivity contribution in [2.75, 3.05) is 5.73 Å². The van der Waals surface area contributed by atoms with E-state index in [1.165, 1.54) is 0 Å². The van der Waals surface area contributed by atoms with E-state index in [1.807, 2.05) is 12.1 Å². The van der Waals surface area contributed by atoms with Crippen molar-refractivity contribution in [1.29, 1.82) is 0 Å². The number of carboxylic acids is 2. The van der Waals surface area contributed by atoms with E-state index >= 15 is 0 Å². The maximum Gasteiger partial charge on any atom is 0.306 e. The maximum absolute atomic E-state index is 12.4. The summed E-state index contributed by atoms with van der Waals surface area (Å²) >= 11 is 0. The van der Waals surface area contributed by atoms with Crippen molar-refractivity contribution in [2.45, 2.75) is 51.4 Å². The van der Waals surface area contributed by atoms with Crippen LogP contribution in [0.1, 0.15) is 59.3 Å². The van der Waals surface area contributed by atoms with Crippen molar-refractivity contribution >= 4 is 23.7 Å². The number of anilines is 1. The maximum atomic E-state index is 12.4. The predicted octanol–water partition coefficient (Wildman–Crippen LogP) is 2.23. The molecule has 0 bridgehead atoms. The van der Waals surface area contributed by atoms with E-state index in [-0.39, 0.29) is 36.6 Å². The molecule has 1 heterocycles. The number of nitrogen functional groups attached to an aromatic ring is 1. The number of H-pyrrole nitrogens is 1. The number of aryl methyl sites for hydroxylation is 2. The molecule has 1 aliphatic carbocycles. The first-order valence-electron chi connectivity index (χ1n) is 10.7. The van der Waals surface area contributed by atoms with Gasteiger partial charge in [-0.1, -0.05) is 24.3 Å². The molecule has 1 aliphatic rings. The van der Waals surface area contributed by atoms with Crippen LogP contribution in [-0.2, 0) is 28.9 Å². The summed E-state index contributed by atoms with van der Waals surface area (Å²) in [6.07, 6.45) is 3.44. The molecule has 9 heteroatoms. The summed E-state index contributed by atoms with van der Waals surface area (Å²) < 4.78 is 0. The highest BCUT2D eigenvalue weighted by Crippen LogP contribution is 2.26. The fourth-order valence-corrected chi connectivity index (χ4v) is 4.14. The number of nitrogens with zero attached hydrogens (tertiary/aromatic N) is 1. The molecule has 2 atom stereocenters. The first-order chi connectivity index (χ1) is 15.2. The molecule has 32 heavy (non-hydrogen) atoms. The molecule has 0 amide bonds. The summed E-state index contributed by atoms with van der Waals surface area (Å²) in [4.78, 5) is 53.3. The van der Waals surface area contributed by atoms with Crippen LogP contribution in [0.2, 0.25) is 0 Å². The van der Waals surface area contributed by atoms with Gasteiger partial charge in [0.25, 0.3) is 5.56 Å². The van der Waals surface area contributed by atoms with Crippen molar-refractivity contribution in [3.8, 4) is 0 Å². The van der Waals surface area contributed by atoms with Gasteiger partial charge in [-0.2, -0.15) is 0 Å². The molecule has 1 aromatic heterocycles. The second-order valence-corrected chi connectivity index (χ2v) is 8.32. The molecule has 3 rings (SSSR count). The lowest BCUT2D eigenvalue weighted by Gasteiger charge is -2.23. The van der Waals surface area contributed by atoms with Crippen molar-refractivity contribution in [2.24, 2.45) is 11.8 Å². The largest absolute Gasteiger partial charge is 0.481 e. The van der Waals surface area contributed by atoms with Crippen LogP contribution in [-0.4, -0.2) is 37.9 Å². The number of nitrogens with two attached hydrogens (primary N) is 1. The van der Waals surface area contributed by atoms with Gasteiger partial charge in [0.2, 0.25) is 5.95 Å². The Morgan fingerprint density at radius 3 is 2.56 bits per heavy atom. The van der Waals surface area contributed by atoms with Crippen LogP contribution in [0.3, 0.4) is 0 Å². The number of aromatic amines is 1. The molecule has 0 fully saturated rings. The minimum absolute atomic E-state index is 0.0794. The lowest BCUT2D eigenvalue weighted by molar-refractivity contribution is -0.142. The Hall–Kier alpha value is -3.49. The Labute approximate surface area is 184 Å². The molecule has 0 spiro atoms. The fourth-order valence-electron chi connectivity index (χ4n) is 4.14. The number of carboxylic acid groups (broad SMARTS) is 2. The molecule has 1 unspecified atom stereocenters. The number of aromatic nitrogens is 2. The summed E-state index contributed by atoms with van der Waals surface area (Å²) in [5.74, 6) is -3.06. The number of fused-ring (bicyclic) bond motifs is 1. The number of carbonyl (C=O) groups is 3. The van der Waals surface area contributed by atoms with Gasteiger partial charge in [0.05, 0.1) is 11.6 Å². The summed E-state index contributed by atoms with van der Waals surface area (Å²) in [7, 11) is 0. The lowest BCUT2D eigenvalue weighted by Crippen LogP contribution is -2.26. The quantitative estimate of drug-likeness (QED) is 0.408. The lowest BCUT2D eigenvalue weighted by atomic mass is 9.83. The van der Waals surface area contributed by atoms with Gasteiger partial charge in [-0.05, 0) is 50.0 Å². The van der Waals surface area contributed by atoms with E-state index in [2.05, 4.69) is 9.97 Å². The molecule has 0 saturated carbocycles. The molecular weight excluding hydrogens is 414 g/mol. The molecule has 0 aliphatic heterocycles. The Morgan fingerprint density at radius 1 is 1.19 bits per heavy atom. The standard InChI is InChI=1S/C23H27N3O6/c24-23-25-18-9-5-14(11-17(18)21(30)26-23)2-1-13-3-6-15(7-4-13)19(27)12-16(22(31)32)8-10-20(28)29/h3-4,6-7,14,16H,1-2,5,8-12H2,(H,28,29)(H,31,32)(H3,24,25,26,30)/t14-,16?/m0/s1. The molecule has 1 aromatic carbocycles. The van der Waals surface area contributed by atoms with Crippen LogP contribution in [0.25, 0.3) is 0 Å². The van der Waals surface area contributed by atoms with Gasteiger partial charge in [-0.3, -0.25) is 24.2 Å². The average Bonchev–Trinajstić information content (AvgIpc) is 2.75. The van der Waals surface area contributed by atoms with Crippen molar-refractivity contribution in [1.82, 2.24) is 9.97 Å².